The Hall–Kier alpha value is -0.650. The number of hydrogen-bond acceptors (Lipinski definition) is 5. The zero-order valence-electron chi connectivity index (χ0n) is 14.3. The molecule has 1 saturated heterocycles. The molecule has 3 unspecified atom stereocenters. The number of nitrogens with zero attached hydrogens (tertiary/aromatic N) is 1. The molecule has 3 atom stereocenters. The fourth-order valence-corrected chi connectivity index (χ4v) is 3.02. The number of ether oxygens (including phenoxy) is 2. The Morgan fingerprint density at radius 1 is 1.52 bits per heavy atom. The number of nitrogens with one attached hydrogen (secondary N) is 1. The zero-order valence-corrected chi connectivity index (χ0v) is 14.3. The highest BCUT2D eigenvalue weighted by atomic mass is 16.5. The predicted molar refractivity (Wildman–Crippen MR) is 84.4 cm³/mol. The molecule has 1 aliphatic heterocycles. The summed E-state index contributed by atoms with van der Waals surface area (Å²) < 4.78 is 10.8. The van der Waals surface area contributed by atoms with Gasteiger partial charge in [-0.25, -0.2) is 0 Å². The van der Waals surface area contributed by atoms with Crippen molar-refractivity contribution in [3.8, 4) is 0 Å². The number of rotatable bonds is 8. The lowest BCUT2D eigenvalue weighted by molar-refractivity contribution is -0.151. The molecule has 0 aromatic rings. The summed E-state index contributed by atoms with van der Waals surface area (Å²) in [5.41, 5.74) is -0.622. The van der Waals surface area contributed by atoms with Gasteiger partial charge >= 0.3 is 5.97 Å². The Labute approximate surface area is 129 Å². The van der Waals surface area contributed by atoms with Gasteiger partial charge in [-0.15, -0.1) is 0 Å². The highest BCUT2D eigenvalue weighted by Gasteiger charge is 2.38. The maximum absolute atomic E-state index is 12.3. The van der Waals surface area contributed by atoms with Crippen LogP contribution in [0.2, 0.25) is 0 Å². The van der Waals surface area contributed by atoms with Gasteiger partial charge in [0.25, 0.3) is 0 Å². The van der Waals surface area contributed by atoms with Crippen LogP contribution in [-0.4, -0.2) is 61.4 Å². The van der Waals surface area contributed by atoms with Crippen LogP contribution < -0.4 is 5.32 Å². The Kier molecular flexibility index (Phi) is 7.63. The van der Waals surface area contributed by atoms with Crippen LogP contribution >= 0.6 is 0 Å². The summed E-state index contributed by atoms with van der Waals surface area (Å²) in [4.78, 5) is 14.8. The lowest BCUT2D eigenvalue weighted by Gasteiger charge is -2.41. The van der Waals surface area contributed by atoms with Crippen molar-refractivity contribution >= 4 is 5.97 Å². The van der Waals surface area contributed by atoms with E-state index in [0.717, 1.165) is 39.1 Å². The first-order valence-electron chi connectivity index (χ1n) is 8.20. The minimum atomic E-state index is -0.622. The molecule has 0 aliphatic carbocycles. The molecule has 1 heterocycles. The molecule has 1 rings (SSSR count). The first kappa shape index (κ1) is 18.4. The van der Waals surface area contributed by atoms with Crippen molar-refractivity contribution in [2.24, 2.45) is 0 Å². The van der Waals surface area contributed by atoms with E-state index in [0.29, 0.717) is 18.7 Å². The molecule has 0 amide bonds. The summed E-state index contributed by atoms with van der Waals surface area (Å²) in [5.74, 6) is -0.147. The second kappa shape index (κ2) is 8.71. The van der Waals surface area contributed by atoms with Gasteiger partial charge in [-0.1, -0.05) is 6.92 Å². The normalized spacial score (nSPS) is 24.3. The molecule has 5 heteroatoms. The summed E-state index contributed by atoms with van der Waals surface area (Å²) in [6, 6.07) is 0.703. The Bertz CT molecular complexity index is 325. The summed E-state index contributed by atoms with van der Waals surface area (Å²) in [6.07, 6.45) is 1.74. The molecule has 124 valence electrons. The Morgan fingerprint density at radius 2 is 2.24 bits per heavy atom. The molecule has 0 aromatic heterocycles. The van der Waals surface area contributed by atoms with E-state index in [1.54, 1.807) is 0 Å². The predicted octanol–water partition coefficient (Wildman–Crippen LogP) is 1.81. The highest BCUT2D eigenvalue weighted by Crippen LogP contribution is 2.21. The first-order valence-corrected chi connectivity index (χ1v) is 8.20. The number of hydrogen-bond donors (Lipinski definition) is 1. The molecular formula is C16H32N2O3. The maximum Gasteiger partial charge on any atom is 0.326 e. The van der Waals surface area contributed by atoms with E-state index < -0.39 is 5.54 Å². The van der Waals surface area contributed by atoms with Crippen LogP contribution in [0.1, 0.15) is 47.5 Å². The fourth-order valence-electron chi connectivity index (χ4n) is 3.02. The minimum Gasteiger partial charge on any atom is -0.465 e. The minimum absolute atomic E-state index is 0.147. The van der Waals surface area contributed by atoms with Crippen LogP contribution in [0.5, 0.6) is 0 Å². The van der Waals surface area contributed by atoms with E-state index in [1.165, 1.54) is 0 Å². The molecule has 0 spiro atoms. The van der Waals surface area contributed by atoms with Crippen LogP contribution in [-0.2, 0) is 14.3 Å². The standard InChI is InChI=1S/C16H32N2O3/c1-6-8-17-16(5,15(19)21-7-2)11-13(3)18-9-10-20-12-14(18)4/h13-14,17H,6-12H2,1-5H3. The van der Waals surface area contributed by atoms with Crippen LogP contribution in [0.4, 0.5) is 0 Å². The van der Waals surface area contributed by atoms with Crippen molar-refractivity contribution in [2.45, 2.75) is 65.1 Å². The molecule has 0 aromatic carbocycles. The summed E-state index contributed by atoms with van der Waals surface area (Å²) in [6.45, 7) is 14.0. The molecule has 1 fully saturated rings. The fraction of sp³-hybridized carbons (Fsp3) is 0.938. The molecule has 0 bridgehead atoms. The third-order valence-corrected chi connectivity index (χ3v) is 4.18. The van der Waals surface area contributed by atoms with Crippen LogP contribution in [0.3, 0.4) is 0 Å². The van der Waals surface area contributed by atoms with E-state index in [1.807, 2.05) is 13.8 Å². The highest BCUT2D eigenvalue weighted by molar-refractivity contribution is 5.80. The van der Waals surface area contributed by atoms with Gasteiger partial charge in [0, 0.05) is 18.6 Å². The third-order valence-electron chi connectivity index (χ3n) is 4.18. The van der Waals surface area contributed by atoms with Crippen molar-refractivity contribution in [2.75, 3.05) is 32.9 Å². The van der Waals surface area contributed by atoms with Crippen LogP contribution in [0.15, 0.2) is 0 Å². The van der Waals surface area contributed by atoms with Crippen LogP contribution in [0.25, 0.3) is 0 Å². The summed E-state index contributed by atoms with van der Waals surface area (Å²) >= 11 is 0. The molecule has 1 aliphatic rings. The van der Waals surface area contributed by atoms with Crippen molar-refractivity contribution in [1.29, 1.82) is 0 Å². The molecule has 0 radical (unpaired) electrons. The lowest BCUT2D eigenvalue weighted by atomic mass is 9.91. The number of carbonyl (C=O) groups excluding carboxylic acids is 1. The topological polar surface area (TPSA) is 50.8 Å². The van der Waals surface area contributed by atoms with E-state index in [4.69, 9.17) is 9.47 Å². The van der Waals surface area contributed by atoms with Gasteiger partial charge in [0.1, 0.15) is 5.54 Å². The molecular weight excluding hydrogens is 268 g/mol. The number of esters is 1. The van der Waals surface area contributed by atoms with Gasteiger partial charge in [-0.05, 0) is 47.1 Å². The second-order valence-electron chi connectivity index (χ2n) is 6.19. The zero-order chi connectivity index (χ0) is 15.9. The Morgan fingerprint density at radius 3 is 2.81 bits per heavy atom. The number of morpholine rings is 1. The van der Waals surface area contributed by atoms with Gasteiger partial charge in [0.2, 0.25) is 0 Å². The molecule has 1 N–H and O–H groups in total. The largest absolute Gasteiger partial charge is 0.465 e. The lowest BCUT2D eigenvalue weighted by Crippen LogP contribution is -2.57. The molecule has 0 saturated carbocycles. The van der Waals surface area contributed by atoms with E-state index >= 15 is 0 Å². The van der Waals surface area contributed by atoms with Gasteiger partial charge in [0.05, 0.1) is 19.8 Å². The van der Waals surface area contributed by atoms with Crippen molar-refractivity contribution in [3.63, 3.8) is 0 Å². The van der Waals surface area contributed by atoms with Crippen LogP contribution in [0, 0.1) is 0 Å². The van der Waals surface area contributed by atoms with Gasteiger partial charge in [-0.2, -0.15) is 0 Å². The van der Waals surface area contributed by atoms with E-state index in [9.17, 15) is 4.79 Å². The average molecular weight is 300 g/mol. The van der Waals surface area contributed by atoms with E-state index in [-0.39, 0.29) is 5.97 Å². The van der Waals surface area contributed by atoms with Crippen molar-refractivity contribution in [3.05, 3.63) is 0 Å². The maximum atomic E-state index is 12.3. The third kappa shape index (κ3) is 5.24. The monoisotopic (exact) mass is 300 g/mol. The molecule has 5 nitrogen and oxygen atoms in total. The summed E-state index contributed by atoms with van der Waals surface area (Å²) in [7, 11) is 0. The second-order valence-corrected chi connectivity index (χ2v) is 6.19. The summed E-state index contributed by atoms with van der Waals surface area (Å²) in [5, 5.41) is 3.38. The van der Waals surface area contributed by atoms with Gasteiger partial charge < -0.3 is 14.8 Å². The van der Waals surface area contributed by atoms with Crippen molar-refractivity contribution < 1.29 is 14.3 Å². The van der Waals surface area contributed by atoms with Gasteiger partial charge in [0.15, 0.2) is 0 Å². The first-order chi connectivity index (χ1) is 9.94. The van der Waals surface area contributed by atoms with Gasteiger partial charge in [-0.3, -0.25) is 9.69 Å². The number of carbonyl (C=O) groups is 1. The quantitative estimate of drug-likeness (QED) is 0.693. The van der Waals surface area contributed by atoms with E-state index in [2.05, 4.69) is 31.0 Å². The molecule has 21 heavy (non-hydrogen) atoms. The smallest absolute Gasteiger partial charge is 0.326 e. The van der Waals surface area contributed by atoms with Crippen molar-refractivity contribution in [1.82, 2.24) is 10.2 Å². The SMILES string of the molecule is CCCNC(C)(CC(C)N1CCOCC1C)C(=O)OCC. The Balaban J connectivity index is 2.71. The average Bonchev–Trinajstić information content (AvgIpc) is 2.45.